The van der Waals surface area contributed by atoms with Crippen molar-refractivity contribution in [3.05, 3.63) is 0 Å². The maximum Gasteiger partial charge on any atom is 0.495 e. The van der Waals surface area contributed by atoms with E-state index in [4.69, 9.17) is 9.47 Å². The lowest BCUT2D eigenvalue weighted by Gasteiger charge is -2.14. The Hall–Kier alpha value is -1.90. The van der Waals surface area contributed by atoms with Gasteiger partial charge in [0.15, 0.2) is 0 Å². The Morgan fingerprint density at radius 3 is 2.21 bits per heavy atom. The van der Waals surface area contributed by atoms with E-state index in [2.05, 4.69) is 14.6 Å². The van der Waals surface area contributed by atoms with Crippen molar-refractivity contribution in [2.45, 2.75) is 38.1 Å². The van der Waals surface area contributed by atoms with Crippen molar-refractivity contribution < 1.29 is 47.5 Å². The van der Waals surface area contributed by atoms with E-state index < -0.39 is 26.6 Å². The number of amides is 3. The van der Waals surface area contributed by atoms with Crippen LogP contribution >= 0.6 is 0 Å². The molecule has 0 aromatic heterocycles. The normalized spacial score (nSPS) is 14.4. The number of nitrogens with zero attached hydrogens (tertiary/aromatic N) is 1. The van der Waals surface area contributed by atoms with Crippen molar-refractivity contribution >= 4 is 32.5 Å². The Labute approximate surface area is 169 Å². The topological polar surface area (TPSA) is 161 Å². The largest absolute Gasteiger partial charge is 0.495 e. The Balaban J connectivity index is 1.93. The molecule has 0 saturated carbocycles. The minimum atomic E-state index is -3.57. The van der Waals surface area contributed by atoms with E-state index in [1.165, 1.54) is 7.11 Å². The lowest BCUT2D eigenvalue weighted by atomic mass is 10.4. The summed E-state index contributed by atoms with van der Waals surface area (Å²) >= 11 is 0. The van der Waals surface area contributed by atoms with Gasteiger partial charge in [-0.1, -0.05) is 0 Å². The number of rotatable bonds is 15. The van der Waals surface area contributed by atoms with Crippen LogP contribution in [0, 0.1) is 0 Å². The van der Waals surface area contributed by atoms with Crippen LogP contribution in [0.1, 0.15) is 32.1 Å². The zero-order valence-corrected chi connectivity index (χ0v) is 17.4. The average Bonchev–Trinajstić information content (AvgIpc) is 2.99. The summed E-state index contributed by atoms with van der Waals surface area (Å²) in [5.74, 6) is -2.03. The first-order valence-electron chi connectivity index (χ1n) is 9.24. The van der Waals surface area contributed by atoms with E-state index in [-0.39, 0.29) is 64.1 Å². The van der Waals surface area contributed by atoms with Gasteiger partial charge >= 0.3 is 14.8 Å². The third-order valence-corrected chi connectivity index (χ3v) is 5.48. The van der Waals surface area contributed by atoms with Gasteiger partial charge in [-0.05, 0) is 6.42 Å². The summed E-state index contributed by atoms with van der Waals surface area (Å²) in [7, 11) is -2.34. The molecule has 0 aromatic carbocycles. The van der Waals surface area contributed by atoms with Crippen LogP contribution in [0.2, 0.25) is 6.04 Å². The van der Waals surface area contributed by atoms with Crippen LogP contribution in [0.25, 0.3) is 0 Å². The summed E-state index contributed by atoms with van der Waals surface area (Å²) in [5, 5.41) is 3.12. The predicted molar refractivity (Wildman–Crippen MR) is 97.7 cm³/mol. The first kappa shape index (κ1) is 25.1. The van der Waals surface area contributed by atoms with Gasteiger partial charge in [-0.25, -0.2) is 4.79 Å². The van der Waals surface area contributed by atoms with Crippen LogP contribution in [0.5, 0.6) is 0 Å². The molecule has 1 saturated heterocycles. The molecule has 0 radical (unpaired) electrons. The number of ether oxygens (including phenoxy) is 2. The molecule has 0 aromatic rings. The number of hydrogen-bond donors (Lipinski definition) is 3. The molecule has 0 atom stereocenters. The maximum absolute atomic E-state index is 11.6. The van der Waals surface area contributed by atoms with Gasteiger partial charge < -0.3 is 33.6 Å². The molecule has 1 aliphatic heterocycles. The third-order valence-electron chi connectivity index (χ3n) is 3.82. The fourth-order valence-electron chi connectivity index (χ4n) is 2.18. The van der Waals surface area contributed by atoms with Crippen molar-refractivity contribution in [3.63, 3.8) is 0 Å². The van der Waals surface area contributed by atoms with E-state index in [1.807, 2.05) is 0 Å². The standard InChI is InChI=1S/C16H28N2O10Si/c1-25-29(23,24)12-2-7-17-13(19)5-8-26-10-11-27-9-6-16(22)28-18-14(20)3-4-15(18)21/h23-24H,2-12H2,1H3,(H,17,19). The summed E-state index contributed by atoms with van der Waals surface area (Å²) in [6, 6.07) is 0.107. The molecule has 3 N–H and O–H groups in total. The van der Waals surface area contributed by atoms with Gasteiger partial charge in [-0.15, -0.1) is 5.06 Å². The maximum atomic E-state index is 11.6. The summed E-state index contributed by atoms with van der Waals surface area (Å²) in [5.41, 5.74) is 0. The molecule has 0 spiro atoms. The highest BCUT2D eigenvalue weighted by Crippen LogP contribution is 2.12. The fraction of sp³-hybridized carbons (Fsp3) is 0.750. The van der Waals surface area contributed by atoms with Crippen LogP contribution in [0.4, 0.5) is 0 Å². The second-order valence-electron chi connectivity index (χ2n) is 6.17. The van der Waals surface area contributed by atoms with E-state index in [0.717, 1.165) is 0 Å². The molecular formula is C16H28N2O10Si. The molecule has 3 amide bonds. The molecule has 0 unspecified atom stereocenters. The Morgan fingerprint density at radius 1 is 1.03 bits per heavy atom. The smallest absolute Gasteiger partial charge is 0.390 e. The van der Waals surface area contributed by atoms with Crippen LogP contribution in [-0.2, 0) is 37.9 Å². The highest BCUT2D eigenvalue weighted by atomic mass is 28.4. The molecule has 0 bridgehead atoms. The molecule has 13 heteroatoms. The van der Waals surface area contributed by atoms with E-state index in [1.54, 1.807) is 0 Å². The van der Waals surface area contributed by atoms with Crippen molar-refractivity contribution in [3.8, 4) is 0 Å². The Morgan fingerprint density at radius 2 is 1.62 bits per heavy atom. The molecule has 1 aliphatic rings. The van der Waals surface area contributed by atoms with Gasteiger partial charge in [0.2, 0.25) is 5.91 Å². The van der Waals surface area contributed by atoms with Crippen molar-refractivity contribution in [2.75, 3.05) is 40.1 Å². The Bertz CT molecular complexity index is 556. The van der Waals surface area contributed by atoms with Gasteiger partial charge in [-0.3, -0.25) is 14.4 Å². The van der Waals surface area contributed by atoms with Crippen molar-refractivity contribution in [2.24, 2.45) is 0 Å². The van der Waals surface area contributed by atoms with Crippen LogP contribution in [-0.4, -0.2) is 87.2 Å². The van der Waals surface area contributed by atoms with E-state index in [9.17, 15) is 28.8 Å². The summed E-state index contributed by atoms with van der Waals surface area (Å²) in [4.78, 5) is 69.0. The van der Waals surface area contributed by atoms with Gasteiger partial charge in [0.25, 0.3) is 11.8 Å². The second-order valence-corrected chi connectivity index (χ2v) is 8.57. The first-order valence-corrected chi connectivity index (χ1v) is 11.2. The zero-order chi connectivity index (χ0) is 21.7. The monoisotopic (exact) mass is 436 g/mol. The average molecular weight is 436 g/mol. The summed E-state index contributed by atoms with van der Waals surface area (Å²) < 4.78 is 15.0. The molecule has 1 heterocycles. The van der Waals surface area contributed by atoms with Crippen molar-refractivity contribution in [1.82, 2.24) is 10.4 Å². The lowest BCUT2D eigenvalue weighted by Crippen LogP contribution is -2.38. The fourth-order valence-corrected chi connectivity index (χ4v) is 3.03. The number of nitrogens with one attached hydrogen (secondary N) is 1. The van der Waals surface area contributed by atoms with Crippen molar-refractivity contribution in [1.29, 1.82) is 0 Å². The summed E-state index contributed by atoms with van der Waals surface area (Å²) in [6.07, 6.45) is 0.512. The predicted octanol–water partition coefficient (Wildman–Crippen LogP) is -1.52. The molecule has 1 rings (SSSR count). The molecule has 166 valence electrons. The van der Waals surface area contributed by atoms with Gasteiger partial charge in [0.1, 0.15) is 0 Å². The number of hydroxylamine groups is 2. The number of hydrogen-bond acceptors (Lipinski definition) is 10. The number of carbonyl (C=O) groups is 4. The SMILES string of the molecule is CO[Si](O)(O)CCCNC(=O)CCOCCOCCC(=O)ON1C(=O)CCC1=O. The van der Waals surface area contributed by atoms with Crippen LogP contribution in [0.3, 0.4) is 0 Å². The summed E-state index contributed by atoms with van der Waals surface area (Å²) in [6.45, 7) is 0.968. The first-order chi connectivity index (χ1) is 13.7. The number of imide groups is 1. The molecular weight excluding hydrogens is 408 g/mol. The molecule has 29 heavy (non-hydrogen) atoms. The van der Waals surface area contributed by atoms with Crippen LogP contribution in [0.15, 0.2) is 0 Å². The number of carbonyl (C=O) groups excluding carboxylic acids is 4. The highest BCUT2D eigenvalue weighted by Gasteiger charge is 2.32. The minimum Gasteiger partial charge on any atom is -0.390 e. The van der Waals surface area contributed by atoms with Gasteiger partial charge in [0.05, 0.1) is 32.8 Å². The minimum absolute atomic E-state index is 0.0410. The lowest BCUT2D eigenvalue weighted by molar-refractivity contribution is -0.198. The quantitative estimate of drug-likeness (QED) is 0.156. The highest BCUT2D eigenvalue weighted by molar-refractivity contribution is 6.57. The van der Waals surface area contributed by atoms with E-state index in [0.29, 0.717) is 18.0 Å². The van der Waals surface area contributed by atoms with Gasteiger partial charge in [0, 0.05) is 39.0 Å². The zero-order valence-electron chi connectivity index (χ0n) is 16.4. The Kier molecular flexibility index (Phi) is 11.6. The molecule has 1 fully saturated rings. The second kappa shape index (κ2) is 13.3. The third kappa shape index (κ3) is 11.0. The van der Waals surface area contributed by atoms with Gasteiger partial charge in [-0.2, -0.15) is 0 Å². The van der Waals surface area contributed by atoms with E-state index >= 15 is 0 Å². The molecule has 0 aliphatic carbocycles. The molecule has 12 nitrogen and oxygen atoms in total. The van der Waals surface area contributed by atoms with Crippen LogP contribution < -0.4 is 5.32 Å².